The molecule has 5 nitrogen and oxygen atoms in total. The molecule has 0 saturated heterocycles. The number of amides is 2. The van der Waals surface area contributed by atoms with Crippen molar-refractivity contribution in [3.05, 3.63) is 57.3 Å². The second kappa shape index (κ2) is 8.31. The smallest absolute Gasteiger partial charge is 0.261 e. The molecule has 0 unspecified atom stereocenters. The number of hydrogen-bond donors (Lipinski definition) is 2. The van der Waals surface area contributed by atoms with Crippen molar-refractivity contribution in [3.8, 4) is 0 Å². The second-order valence-corrected chi connectivity index (χ2v) is 8.02. The molecule has 0 atom stereocenters. The van der Waals surface area contributed by atoms with Crippen LogP contribution in [0, 0.1) is 0 Å². The summed E-state index contributed by atoms with van der Waals surface area (Å²) in [6, 6.07) is 13.8. The predicted molar refractivity (Wildman–Crippen MR) is 104 cm³/mol. The molecule has 0 saturated carbocycles. The highest BCUT2D eigenvalue weighted by Crippen LogP contribution is 2.21. The molecule has 0 aliphatic carbocycles. The Morgan fingerprint density at radius 3 is 2.72 bits per heavy atom. The zero-order valence-corrected chi connectivity index (χ0v) is 15.9. The highest BCUT2D eigenvalue weighted by molar-refractivity contribution is 9.11. The third-order valence-electron chi connectivity index (χ3n) is 3.78. The van der Waals surface area contributed by atoms with Crippen LogP contribution in [0.1, 0.15) is 16.1 Å². The SMILES string of the molecule is O=C(CNC(=O)c1ccc(Br)s1)NCCCn1ccc2ccccc21. The number of benzene rings is 1. The van der Waals surface area contributed by atoms with Gasteiger partial charge in [0.05, 0.1) is 15.2 Å². The van der Waals surface area contributed by atoms with Crippen molar-refractivity contribution in [1.29, 1.82) is 0 Å². The number of nitrogens with one attached hydrogen (secondary N) is 2. The summed E-state index contributed by atoms with van der Waals surface area (Å²) >= 11 is 4.65. The van der Waals surface area contributed by atoms with Gasteiger partial charge in [-0.1, -0.05) is 18.2 Å². The monoisotopic (exact) mass is 419 g/mol. The molecular formula is C18H18BrN3O2S. The van der Waals surface area contributed by atoms with Gasteiger partial charge in [0.25, 0.3) is 5.91 Å². The van der Waals surface area contributed by atoms with E-state index in [-0.39, 0.29) is 18.4 Å². The van der Waals surface area contributed by atoms with Crippen molar-refractivity contribution in [3.63, 3.8) is 0 Å². The normalized spacial score (nSPS) is 10.8. The molecule has 3 rings (SSSR count). The summed E-state index contributed by atoms with van der Waals surface area (Å²) in [5, 5.41) is 6.67. The standard InChI is InChI=1S/C18H18BrN3O2S/c19-16-7-6-15(25-16)18(24)21-12-17(23)20-9-3-10-22-11-8-13-4-1-2-5-14(13)22/h1-2,4-8,11H,3,9-10,12H2,(H,20,23)(H,21,24). The van der Waals surface area contributed by atoms with Crippen LogP contribution in [-0.4, -0.2) is 29.5 Å². The number of carbonyl (C=O) groups excluding carboxylic acids is 2. The number of aryl methyl sites for hydroxylation is 1. The van der Waals surface area contributed by atoms with Gasteiger partial charge in [-0.05, 0) is 52.0 Å². The highest BCUT2D eigenvalue weighted by atomic mass is 79.9. The molecule has 3 aromatic rings. The minimum Gasteiger partial charge on any atom is -0.355 e. The minimum atomic E-state index is -0.232. The number of halogens is 1. The maximum absolute atomic E-state index is 11.9. The summed E-state index contributed by atoms with van der Waals surface area (Å²) in [6.07, 6.45) is 2.89. The fourth-order valence-electron chi connectivity index (χ4n) is 2.56. The van der Waals surface area contributed by atoms with Gasteiger partial charge < -0.3 is 15.2 Å². The lowest BCUT2D eigenvalue weighted by molar-refractivity contribution is -0.120. The molecular weight excluding hydrogens is 402 g/mol. The third kappa shape index (κ3) is 4.70. The van der Waals surface area contributed by atoms with Crippen LogP contribution >= 0.6 is 27.3 Å². The predicted octanol–water partition coefficient (Wildman–Crippen LogP) is 3.40. The molecule has 1 aromatic carbocycles. The number of aromatic nitrogens is 1. The first-order valence-electron chi connectivity index (χ1n) is 7.97. The summed E-state index contributed by atoms with van der Waals surface area (Å²) in [7, 11) is 0. The Hall–Kier alpha value is -2.12. The first kappa shape index (κ1) is 17.7. The van der Waals surface area contributed by atoms with E-state index >= 15 is 0 Å². The molecule has 7 heteroatoms. The number of para-hydroxylation sites is 1. The van der Waals surface area contributed by atoms with Crippen molar-refractivity contribution in [2.24, 2.45) is 0 Å². The molecule has 0 bridgehead atoms. The van der Waals surface area contributed by atoms with Crippen LogP contribution in [-0.2, 0) is 11.3 Å². The van der Waals surface area contributed by atoms with E-state index < -0.39 is 0 Å². The van der Waals surface area contributed by atoms with Gasteiger partial charge in [0, 0.05) is 24.8 Å². The number of fused-ring (bicyclic) bond motifs is 1. The van der Waals surface area contributed by atoms with Crippen LogP contribution < -0.4 is 10.6 Å². The van der Waals surface area contributed by atoms with E-state index in [9.17, 15) is 9.59 Å². The molecule has 0 aliphatic rings. The van der Waals surface area contributed by atoms with Crippen LogP contribution in [0.15, 0.2) is 52.4 Å². The summed E-state index contributed by atoms with van der Waals surface area (Å²) in [5.41, 5.74) is 1.20. The van der Waals surface area contributed by atoms with Crippen molar-refractivity contribution < 1.29 is 9.59 Å². The Labute approximate surface area is 158 Å². The van der Waals surface area contributed by atoms with E-state index in [1.54, 1.807) is 6.07 Å². The van der Waals surface area contributed by atoms with Gasteiger partial charge in [0.1, 0.15) is 0 Å². The first-order valence-corrected chi connectivity index (χ1v) is 9.58. The largest absolute Gasteiger partial charge is 0.355 e. The number of thiophene rings is 1. The Morgan fingerprint density at radius 1 is 1.08 bits per heavy atom. The summed E-state index contributed by atoms with van der Waals surface area (Å²) in [6.45, 7) is 1.40. The zero-order valence-electron chi connectivity index (χ0n) is 13.5. The van der Waals surface area contributed by atoms with Gasteiger partial charge in [-0.25, -0.2) is 0 Å². The van der Waals surface area contributed by atoms with Crippen molar-refractivity contribution >= 4 is 50.0 Å². The van der Waals surface area contributed by atoms with Crippen LogP contribution in [0.25, 0.3) is 10.9 Å². The number of rotatable bonds is 7. The quantitative estimate of drug-likeness (QED) is 0.576. The summed E-state index contributed by atoms with van der Waals surface area (Å²) < 4.78 is 3.07. The average Bonchev–Trinajstić information content (AvgIpc) is 3.23. The highest BCUT2D eigenvalue weighted by Gasteiger charge is 2.10. The zero-order chi connectivity index (χ0) is 17.6. The van der Waals surface area contributed by atoms with Crippen LogP contribution in [0.2, 0.25) is 0 Å². The third-order valence-corrected chi connectivity index (χ3v) is 5.41. The van der Waals surface area contributed by atoms with Gasteiger partial charge in [-0.15, -0.1) is 11.3 Å². The number of nitrogens with zero attached hydrogens (tertiary/aromatic N) is 1. The van der Waals surface area contributed by atoms with E-state index in [0.717, 1.165) is 16.8 Å². The Bertz CT molecular complexity index is 887. The molecule has 25 heavy (non-hydrogen) atoms. The second-order valence-electron chi connectivity index (χ2n) is 5.56. The van der Waals surface area contributed by atoms with E-state index in [4.69, 9.17) is 0 Å². The lowest BCUT2D eigenvalue weighted by atomic mass is 10.2. The maximum Gasteiger partial charge on any atom is 0.261 e. The van der Waals surface area contributed by atoms with Crippen LogP contribution in [0.3, 0.4) is 0 Å². The number of carbonyl (C=O) groups is 2. The molecule has 0 aliphatic heterocycles. The molecule has 0 spiro atoms. The lowest BCUT2D eigenvalue weighted by Crippen LogP contribution is -2.37. The molecule has 2 amide bonds. The van der Waals surface area contributed by atoms with E-state index in [1.807, 2.05) is 18.2 Å². The van der Waals surface area contributed by atoms with Gasteiger partial charge in [0.15, 0.2) is 0 Å². The topological polar surface area (TPSA) is 63.1 Å². The van der Waals surface area contributed by atoms with Crippen molar-refractivity contribution in [1.82, 2.24) is 15.2 Å². The van der Waals surface area contributed by atoms with Gasteiger partial charge in [0.2, 0.25) is 5.91 Å². The Balaban J connectivity index is 1.37. The van der Waals surface area contributed by atoms with E-state index in [1.165, 1.54) is 22.2 Å². The Kier molecular flexibility index (Phi) is 5.88. The molecule has 2 aromatic heterocycles. The molecule has 2 N–H and O–H groups in total. The van der Waals surface area contributed by atoms with E-state index in [0.29, 0.717) is 11.4 Å². The molecule has 2 heterocycles. The number of hydrogen-bond acceptors (Lipinski definition) is 3. The summed E-state index contributed by atoms with van der Waals surface area (Å²) in [5.74, 6) is -0.411. The minimum absolute atomic E-state index is 0.0131. The van der Waals surface area contributed by atoms with Gasteiger partial charge in [-0.2, -0.15) is 0 Å². The maximum atomic E-state index is 11.9. The average molecular weight is 420 g/mol. The molecule has 130 valence electrons. The van der Waals surface area contributed by atoms with Crippen LogP contribution in [0.5, 0.6) is 0 Å². The summed E-state index contributed by atoms with van der Waals surface area (Å²) in [4.78, 5) is 24.3. The molecule has 0 radical (unpaired) electrons. The first-order chi connectivity index (χ1) is 12.1. The van der Waals surface area contributed by atoms with Gasteiger partial charge >= 0.3 is 0 Å². The van der Waals surface area contributed by atoms with Crippen LogP contribution in [0.4, 0.5) is 0 Å². The van der Waals surface area contributed by atoms with Crippen molar-refractivity contribution in [2.75, 3.05) is 13.1 Å². The van der Waals surface area contributed by atoms with Gasteiger partial charge in [-0.3, -0.25) is 9.59 Å². The lowest BCUT2D eigenvalue weighted by Gasteiger charge is -2.08. The Morgan fingerprint density at radius 2 is 1.92 bits per heavy atom. The fraction of sp³-hybridized carbons (Fsp3) is 0.222. The molecule has 0 fully saturated rings. The fourth-order valence-corrected chi connectivity index (χ4v) is 3.86. The van der Waals surface area contributed by atoms with E-state index in [2.05, 4.69) is 55.5 Å². The van der Waals surface area contributed by atoms with Crippen molar-refractivity contribution in [2.45, 2.75) is 13.0 Å².